The summed E-state index contributed by atoms with van der Waals surface area (Å²) in [6, 6.07) is 17.6. The molecule has 3 aromatic rings. The molecule has 0 radical (unpaired) electrons. The van der Waals surface area contributed by atoms with Gasteiger partial charge in [0.25, 0.3) is 17.7 Å². The molecule has 1 spiro atoms. The van der Waals surface area contributed by atoms with Gasteiger partial charge in [-0.25, -0.2) is 9.79 Å². The highest BCUT2D eigenvalue weighted by molar-refractivity contribution is 6.20. The minimum atomic E-state index is -4.73. The fraction of sp³-hybridized carbons (Fsp3) is 0.207. The van der Waals surface area contributed by atoms with Crippen LogP contribution in [0.3, 0.4) is 0 Å². The number of nitrogens with two attached hydrogens (primary N) is 1. The summed E-state index contributed by atoms with van der Waals surface area (Å²) >= 11 is 0. The van der Waals surface area contributed by atoms with Crippen molar-refractivity contribution in [3.63, 3.8) is 0 Å². The van der Waals surface area contributed by atoms with Crippen molar-refractivity contribution in [3.05, 3.63) is 101 Å². The number of imide groups is 1. The van der Waals surface area contributed by atoms with Gasteiger partial charge in [0, 0.05) is 23.1 Å². The van der Waals surface area contributed by atoms with Crippen LogP contribution >= 0.6 is 0 Å². The Balaban J connectivity index is 1.36. The van der Waals surface area contributed by atoms with E-state index in [-0.39, 0.29) is 23.4 Å². The molecule has 3 atom stereocenters. The Kier molecular flexibility index (Phi) is 6.34. The number of anilines is 1. The first kappa shape index (κ1) is 27.1. The Bertz CT molecular complexity index is 1680. The van der Waals surface area contributed by atoms with Crippen LogP contribution in [0.5, 0.6) is 0 Å². The van der Waals surface area contributed by atoms with Crippen molar-refractivity contribution in [3.8, 4) is 0 Å². The minimum Gasteiger partial charge on any atom is -0.322 e. The Morgan fingerprint density at radius 2 is 1.76 bits per heavy atom. The van der Waals surface area contributed by atoms with Crippen molar-refractivity contribution in [2.24, 2.45) is 10.7 Å². The number of fused-ring (bicyclic) bond motifs is 2. The lowest BCUT2D eigenvalue weighted by atomic mass is 9.92. The monoisotopic (exact) mass is 576 g/mol. The summed E-state index contributed by atoms with van der Waals surface area (Å²) < 4.78 is 41.0. The molecule has 2 aliphatic heterocycles. The van der Waals surface area contributed by atoms with E-state index in [0.717, 1.165) is 0 Å². The largest absolute Gasteiger partial charge is 0.406 e. The first-order chi connectivity index (χ1) is 20.0. The minimum absolute atomic E-state index is 0.00730. The zero-order chi connectivity index (χ0) is 29.8. The highest BCUT2D eigenvalue weighted by Gasteiger charge is 2.55. The van der Waals surface area contributed by atoms with E-state index in [1.54, 1.807) is 48.5 Å². The number of carbonyl (C=O) groups excluding carboxylic acids is 4. The zero-order valence-corrected chi connectivity index (χ0v) is 21.7. The zero-order valence-electron chi connectivity index (χ0n) is 21.7. The van der Waals surface area contributed by atoms with Crippen molar-refractivity contribution < 1.29 is 32.3 Å². The van der Waals surface area contributed by atoms with Gasteiger partial charge in [-0.05, 0) is 29.3 Å². The molecule has 6 rings (SSSR count). The van der Waals surface area contributed by atoms with E-state index in [1.807, 2.05) is 0 Å². The number of nitrogens with one attached hydrogen (secondary N) is 3. The second-order valence-electron chi connectivity index (χ2n) is 10.2. The van der Waals surface area contributed by atoms with Crippen molar-refractivity contribution in [1.82, 2.24) is 16.0 Å². The Labute approximate surface area is 236 Å². The number of carbonyl (C=O) groups is 4. The second-order valence-corrected chi connectivity index (χ2v) is 10.2. The normalized spacial score (nSPS) is 23.1. The van der Waals surface area contributed by atoms with Gasteiger partial charge in [0.2, 0.25) is 6.17 Å². The number of alkyl halides is 3. The molecule has 1 aliphatic carbocycles. The molecule has 0 aromatic heterocycles. The van der Waals surface area contributed by atoms with Gasteiger partial charge in [-0.15, -0.1) is 0 Å². The molecule has 3 aromatic carbocycles. The summed E-state index contributed by atoms with van der Waals surface area (Å²) in [6.07, 6.45) is -6.40. The third-order valence-corrected chi connectivity index (χ3v) is 7.57. The number of hydrogen-bond donors (Lipinski definition) is 4. The number of aliphatic imine (C=N–C) groups is 1. The summed E-state index contributed by atoms with van der Waals surface area (Å²) in [6.45, 7) is -1.58. The molecule has 214 valence electrons. The molecule has 1 fully saturated rings. The Hall–Kier alpha value is -5.04. The summed E-state index contributed by atoms with van der Waals surface area (Å²) in [5, 5.41) is 7.24. The van der Waals surface area contributed by atoms with Gasteiger partial charge in [-0.1, -0.05) is 54.6 Å². The standard InChI is InChI=1S/C29H23F3N6O4/c30-29(31,32)14-38-20-9-5-4-8-19(20)21(15-6-2-1-3-7-15)34-23(25(38)40)35-24(39)16-10-11-18-17(12-16)13-28(22(18)33)26(41)36-27(42)37-28/h1-12,22-23H,13-14,33H2,(H,35,39)(H2,36,37,41,42)/t22?,23-,28?/m0/s1. The maximum atomic E-state index is 13.7. The summed E-state index contributed by atoms with van der Waals surface area (Å²) in [4.78, 5) is 56.4. The first-order valence-electron chi connectivity index (χ1n) is 12.9. The van der Waals surface area contributed by atoms with Gasteiger partial charge in [0.15, 0.2) is 0 Å². The molecule has 10 nitrogen and oxygen atoms in total. The van der Waals surface area contributed by atoms with E-state index in [9.17, 15) is 32.3 Å². The molecule has 0 saturated carbocycles. The second kappa shape index (κ2) is 9.80. The Morgan fingerprint density at radius 3 is 2.45 bits per heavy atom. The predicted molar refractivity (Wildman–Crippen MR) is 145 cm³/mol. The van der Waals surface area contributed by atoms with Crippen LogP contribution in [0.25, 0.3) is 0 Å². The number of urea groups is 1. The number of nitrogens with zero attached hydrogens (tertiary/aromatic N) is 2. The van der Waals surface area contributed by atoms with Gasteiger partial charge in [-0.3, -0.25) is 24.6 Å². The highest BCUT2D eigenvalue weighted by Crippen LogP contribution is 2.40. The number of halogens is 3. The van der Waals surface area contributed by atoms with Crippen molar-refractivity contribution in [2.45, 2.75) is 30.3 Å². The summed E-state index contributed by atoms with van der Waals surface area (Å²) in [7, 11) is 0. The third kappa shape index (κ3) is 4.57. The van der Waals surface area contributed by atoms with Crippen LogP contribution in [0.4, 0.5) is 23.7 Å². The van der Waals surface area contributed by atoms with Crippen LogP contribution in [0.15, 0.2) is 77.8 Å². The number of benzodiazepines with no additional fused rings is 1. The van der Waals surface area contributed by atoms with E-state index in [0.29, 0.717) is 27.2 Å². The maximum absolute atomic E-state index is 13.7. The quantitative estimate of drug-likeness (QED) is 0.352. The van der Waals surface area contributed by atoms with Crippen molar-refractivity contribution in [1.29, 1.82) is 0 Å². The predicted octanol–water partition coefficient (Wildman–Crippen LogP) is 2.32. The number of benzene rings is 3. The Morgan fingerprint density at radius 1 is 1.05 bits per heavy atom. The topological polar surface area (TPSA) is 146 Å². The highest BCUT2D eigenvalue weighted by atomic mass is 19.4. The van der Waals surface area contributed by atoms with E-state index in [4.69, 9.17) is 5.73 Å². The van der Waals surface area contributed by atoms with Crippen LogP contribution in [-0.4, -0.2) is 53.9 Å². The lowest BCUT2D eigenvalue weighted by Gasteiger charge is -2.26. The summed E-state index contributed by atoms with van der Waals surface area (Å²) in [5.41, 5.74) is 7.12. The van der Waals surface area contributed by atoms with Crippen LogP contribution in [0, 0.1) is 0 Å². The van der Waals surface area contributed by atoms with E-state index in [2.05, 4.69) is 20.9 Å². The summed E-state index contributed by atoms with van der Waals surface area (Å²) in [5.74, 6) is -2.43. The van der Waals surface area contributed by atoms with Crippen LogP contribution in [0.2, 0.25) is 0 Å². The first-order valence-corrected chi connectivity index (χ1v) is 12.9. The molecule has 42 heavy (non-hydrogen) atoms. The molecule has 5 amide bonds. The molecule has 2 unspecified atom stereocenters. The molecule has 2 heterocycles. The number of para-hydroxylation sites is 1. The average Bonchev–Trinajstić information content (AvgIpc) is 3.37. The molecular weight excluding hydrogens is 553 g/mol. The molecule has 13 heteroatoms. The molecule has 1 saturated heterocycles. The smallest absolute Gasteiger partial charge is 0.322 e. The number of amides is 5. The average molecular weight is 577 g/mol. The van der Waals surface area contributed by atoms with Gasteiger partial charge in [-0.2, -0.15) is 13.2 Å². The molecule has 0 bridgehead atoms. The van der Waals surface area contributed by atoms with Crippen LogP contribution in [-0.2, 0) is 16.0 Å². The van der Waals surface area contributed by atoms with Gasteiger partial charge >= 0.3 is 12.2 Å². The fourth-order valence-corrected chi connectivity index (χ4v) is 5.63. The van der Waals surface area contributed by atoms with Crippen molar-refractivity contribution >= 4 is 35.2 Å². The van der Waals surface area contributed by atoms with E-state index in [1.165, 1.54) is 24.3 Å². The third-order valence-electron chi connectivity index (χ3n) is 7.57. The van der Waals surface area contributed by atoms with Gasteiger partial charge < -0.3 is 16.4 Å². The molecular formula is C29H23F3N6O4. The van der Waals surface area contributed by atoms with Gasteiger partial charge in [0.1, 0.15) is 12.1 Å². The molecule has 5 N–H and O–H groups in total. The number of rotatable bonds is 4. The van der Waals surface area contributed by atoms with E-state index >= 15 is 0 Å². The lowest BCUT2D eigenvalue weighted by molar-refractivity contribution is -0.133. The lowest BCUT2D eigenvalue weighted by Crippen LogP contribution is -2.53. The van der Waals surface area contributed by atoms with Crippen molar-refractivity contribution in [2.75, 3.05) is 11.4 Å². The molecule has 3 aliphatic rings. The maximum Gasteiger partial charge on any atom is 0.406 e. The number of hydrogen-bond acceptors (Lipinski definition) is 6. The van der Waals surface area contributed by atoms with Gasteiger partial charge in [0.05, 0.1) is 17.4 Å². The fourth-order valence-electron chi connectivity index (χ4n) is 5.63. The van der Waals surface area contributed by atoms with Crippen LogP contribution in [0.1, 0.15) is 38.7 Å². The SMILES string of the molecule is NC1c2ccc(C(=O)N[C@@H]3N=C(c4ccccc4)c4ccccc4N(CC(F)(F)F)C3=O)cc2CC12NC(=O)NC2=O. The van der Waals surface area contributed by atoms with E-state index < -0.39 is 54.2 Å². The van der Waals surface area contributed by atoms with Crippen LogP contribution < -0.4 is 26.6 Å².